The van der Waals surface area contributed by atoms with Gasteiger partial charge in [-0.25, -0.2) is 8.78 Å². The topological polar surface area (TPSA) is 67.2 Å². The van der Waals surface area contributed by atoms with Gasteiger partial charge >= 0.3 is 0 Å². The SMILES string of the molecule is CNC.Cn1nc2c(c1C=O)CN(C(=O)c1ccc(Cl)c(Cl)c1)C(C(F)F)C2. The van der Waals surface area contributed by atoms with Crippen LogP contribution in [0.25, 0.3) is 0 Å². The minimum atomic E-state index is -2.75. The fraction of sp³-hybridized carbons (Fsp3) is 0.389. The number of amides is 1. The molecule has 0 aliphatic carbocycles. The molecule has 0 radical (unpaired) electrons. The zero-order valence-corrected chi connectivity index (χ0v) is 17.1. The number of halogens is 4. The number of carbonyl (C=O) groups is 2. The molecule has 0 saturated heterocycles. The number of hydrogen-bond acceptors (Lipinski definition) is 4. The van der Waals surface area contributed by atoms with Gasteiger partial charge in [0.25, 0.3) is 12.3 Å². The number of fused-ring (bicyclic) bond motifs is 1. The van der Waals surface area contributed by atoms with Crippen LogP contribution in [0.1, 0.15) is 32.1 Å². The van der Waals surface area contributed by atoms with Gasteiger partial charge in [-0.1, -0.05) is 23.2 Å². The summed E-state index contributed by atoms with van der Waals surface area (Å²) >= 11 is 11.8. The lowest BCUT2D eigenvalue weighted by molar-refractivity contribution is 0.0137. The zero-order valence-electron chi connectivity index (χ0n) is 15.5. The smallest absolute Gasteiger partial charge is 0.259 e. The number of hydrogen-bond donors (Lipinski definition) is 1. The van der Waals surface area contributed by atoms with Crippen molar-refractivity contribution in [3.05, 3.63) is 50.8 Å². The van der Waals surface area contributed by atoms with Crippen LogP contribution < -0.4 is 5.32 Å². The number of nitrogens with one attached hydrogen (secondary N) is 1. The standard InChI is InChI=1S/C16H13Cl2F2N3O2.C2H7N/c1-22-14(7-24)9-6-23(13(15(19)20)5-12(9)21-22)16(25)8-2-3-10(17)11(18)4-8;1-3-2/h2-4,7,13,15H,5-6H2,1H3;3H,1-2H3. The Balaban J connectivity index is 0.000000878. The Hall–Kier alpha value is -2.03. The van der Waals surface area contributed by atoms with Crippen molar-refractivity contribution in [2.24, 2.45) is 7.05 Å². The van der Waals surface area contributed by atoms with E-state index in [1.165, 1.54) is 22.9 Å². The highest BCUT2D eigenvalue weighted by Crippen LogP contribution is 2.30. The van der Waals surface area contributed by atoms with Crippen LogP contribution in [0, 0.1) is 0 Å². The molecule has 0 saturated carbocycles. The van der Waals surface area contributed by atoms with Gasteiger partial charge in [0.05, 0.1) is 28.3 Å². The van der Waals surface area contributed by atoms with Crippen molar-refractivity contribution < 1.29 is 18.4 Å². The fourth-order valence-electron chi connectivity index (χ4n) is 2.96. The van der Waals surface area contributed by atoms with Crippen LogP contribution >= 0.6 is 23.2 Å². The van der Waals surface area contributed by atoms with Gasteiger partial charge in [0.1, 0.15) is 5.69 Å². The van der Waals surface area contributed by atoms with E-state index in [1.807, 2.05) is 14.1 Å². The van der Waals surface area contributed by atoms with Crippen molar-refractivity contribution in [3.8, 4) is 0 Å². The maximum Gasteiger partial charge on any atom is 0.259 e. The monoisotopic (exact) mass is 432 g/mol. The van der Waals surface area contributed by atoms with Gasteiger partial charge in [-0.3, -0.25) is 14.3 Å². The summed E-state index contributed by atoms with van der Waals surface area (Å²) in [6, 6.07) is 2.88. The minimum Gasteiger partial charge on any atom is -0.325 e. The van der Waals surface area contributed by atoms with Crippen LogP contribution in [0.5, 0.6) is 0 Å². The molecule has 1 aromatic carbocycles. The van der Waals surface area contributed by atoms with E-state index in [2.05, 4.69) is 10.4 Å². The Kier molecular flexibility index (Phi) is 7.51. The van der Waals surface area contributed by atoms with Gasteiger partial charge < -0.3 is 10.2 Å². The second kappa shape index (κ2) is 9.45. The number of carbonyl (C=O) groups excluding carboxylic acids is 2. The molecule has 1 aliphatic heterocycles. The van der Waals surface area contributed by atoms with Crippen molar-refractivity contribution in [3.63, 3.8) is 0 Å². The molecule has 152 valence electrons. The molecule has 0 bridgehead atoms. The van der Waals surface area contributed by atoms with Crippen LogP contribution in [0.4, 0.5) is 8.78 Å². The molecule has 10 heteroatoms. The number of aldehydes is 1. The van der Waals surface area contributed by atoms with Crippen LogP contribution in [0.15, 0.2) is 18.2 Å². The van der Waals surface area contributed by atoms with E-state index < -0.39 is 18.4 Å². The fourth-order valence-corrected chi connectivity index (χ4v) is 3.26. The van der Waals surface area contributed by atoms with E-state index in [0.717, 1.165) is 4.90 Å². The predicted octanol–water partition coefficient (Wildman–Crippen LogP) is 3.21. The number of aryl methyl sites for hydroxylation is 1. The first-order chi connectivity index (χ1) is 13.2. The van der Waals surface area contributed by atoms with Crippen LogP contribution in [-0.2, 0) is 20.0 Å². The average Bonchev–Trinajstić information content (AvgIpc) is 2.96. The predicted molar refractivity (Wildman–Crippen MR) is 103 cm³/mol. The maximum atomic E-state index is 13.5. The number of nitrogens with zero attached hydrogens (tertiary/aromatic N) is 3. The summed E-state index contributed by atoms with van der Waals surface area (Å²) in [5.74, 6) is -0.602. The van der Waals surface area contributed by atoms with Gasteiger partial charge in [0.2, 0.25) is 0 Å². The zero-order chi connectivity index (χ0) is 21.0. The lowest BCUT2D eigenvalue weighted by Crippen LogP contribution is -2.48. The molecule has 2 aromatic rings. The Labute approximate surface area is 171 Å². The van der Waals surface area contributed by atoms with Crippen molar-refractivity contribution in [1.82, 2.24) is 20.0 Å². The Bertz CT molecular complexity index is 874. The lowest BCUT2D eigenvalue weighted by atomic mass is 9.97. The quantitative estimate of drug-likeness (QED) is 0.756. The lowest BCUT2D eigenvalue weighted by Gasteiger charge is -2.34. The Morgan fingerprint density at radius 1 is 1.32 bits per heavy atom. The van der Waals surface area contributed by atoms with Gasteiger partial charge in [-0.15, -0.1) is 0 Å². The first-order valence-corrected chi connectivity index (χ1v) is 9.13. The van der Waals surface area contributed by atoms with Gasteiger partial charge in [-0.2, -0.15) is 5.10 Å². The molecular formula is C18H20Cl2F2N4O2. The van der Waals surface area contributed by atoms with Gasteiger partial charge in [0, 0.05) is 24.6 Å². The Morgan fingerprint density at radius 3 is 2.50 bits per heavy atom. The molecule has 2 heterocycles. The first-order valence-electron chi connectivity index (χ1n) is 8.37. The average molecular weight is 433 g/mol. The summed E-state index contributed by atoms with van der Waals surface area (Å²) in [5, 5.41) is 7.30. The third-order valence-corrected chi connectivity index (χ3v) is 4.98. The number of benzene rings is 1. The molecule has 1 atom stereocenters. The minimum absolute atomic E-state index is 0.120. The van der Waals surface area contributed by atoms with Gasteiger partial charge in [0.15, 0.2) is 6.29 Å². The number of rotatable bonds is 3. The summed E-state index contributed by atoms with van der Waals surface area (Å²) < 4.78 is 28.4. The molecule has 28 heavy (non-hydrogen) atoms. The molecule has 1 aliphatic rings. The van der Waals surface area contributed by atoms with E-state index in [0.29, 0.717) is 17.5 Å². The molecule has 0 spiro atoms. The Morgan fingerprint density at radius 2 is 1.96 bits per heavy atom. The van der Waals surface area contributed by atoms with E-state index >= 15 is 0 Å². The summed E-state index contributed by atoms with van der Waals surface area (Å²) in [7, 11) is 5.31. The third-order valence-electron chi connectivity index (χ3n) is 4.24. The van der Waals surface area contributed by atoms with E-state index in [9.17, 15) is 18.4 Å². The van der Waals surface area contributed by atoms with Crippen LogP contribution in [0.3, 0.4) is 0 Å². The molecule has 1 unspecified atom stereocenters. The number of aromatic nitrogens is 2. The molecule has 0 fully saturated rings. The highest BCUT2D eigenvalue weighted by Gasteiger charge is 2.39. The summed E-state index contributed by atoms with van der Waals surface area (Å²) in [6.45, 7) is -0.120. The first kappa shape index (κ1) is 22.3. The molecule has 6 nitrogen and oxygen atoms in total. The molecule has 1 amide bonds. The third kappa shape index (κ3) is 4.51. The van der Waals surface area contributed by atoms with Crippen LogP contribution in [-0.4, -0.2) is 53.4 Å². The molecule has 1 N–H and O–H groups in total. The van der Waals surface area contributed by atoms with E-state index in [-0.39, 0.29) is 34.3 Å². The largest absolute Gasteiger partial charge is 0.325 e. The highest BCUT2D eigenvalue weighted by molar-refractivity contribution is 6.42. The molecular weight excluding hydrogens is 413 g/mol. The molecule has 3 rings (SSSR count). The second-order valence-electron chi connectivity index (χ2n) is 6.22. The van der Waals surface area contributed by atoms with E-state index in [4.69, 9.17) is 23.2 Å². The number of alkyl halides is 2. The molecule has 1 aromatic heterocycles. The van der Waals surface area contributed by atoms with Crippen molar-refractivity contribution in [1.29, 1.82) is 0 Å². The summed E-state index contributed by atoms with van der Waals surface area (Å²) in [5.41, 5.74) is 1.32. The highest BCUT2D eigenvalue weighted by atomic mass is 35.5. The van der Waals surface area contributed by atoms with E-state index in [1.54, 1.807) is 7.05 Å². The normalized spacial score (nSPS) is 15.7. The van der Waals surface area contributed by atoms with Crippen molar-refractivity contribution in [2.75, 3.05) is 14.1 Å². The van der Waals surface area contributed by atoms with Crippen molar-refractivity contribution >= 4 is 35.4 Å². The van der Waals surface area contributed by atoms with Gasteiger partial charge in [-0.05, 0) is 32.3 Å². The summed E-state index contributed by atoms with van der Waals surface area (Å²) in [4.78, 5) is 25.1. The summed E-state index contributed by atoms with van der Waals surface area (Å²) in [6.07, 6.45) is -2.26. The second-order valence-corrected chi connectivity index (χ2v) is 7.03. The maximum absolute atomic E-state index is 13.5. The van der Waals surface area contributed by atoms with Crippen LogP contribution in [0.2, 0.25) is 10.0 Å². The van der Waals surface area contributed by atoms with Crippen molar-refractivity contribution in [2.45, 2.75) is 25.4 Å².